The Balaban J connectivity index is 1.38. The standard InChI is InChI=1S/C36H56N2O7S/c1-36(2,3)45-34(39)21-19-17-15-13-11-9-7-5-4-6-8-10-12-14-16-18-20-28-44-31-23-25-32(26-24-31)46(42,43)38-33-27-22-30(29-37-33)35(40)41/h22-27,29H,4-21,28H2,1-3H3,(H,37,38)(H,40,41). The highest BCUT2D eigenvalue weighted by molar-refractivity contribution is 7.92. The van der Waals surface area contributed by atoms with Crippen LogP contribution in [0.2, 0.25) is 0 Å². The molecule has 1 heterocycles. The normalized spacial score (nSPS) is 11.7. The summed E-state index contributed by atoms with van der Waals surface area (Å²) >= 11 is 0. The lowest BCUT2D eigenvalue weighted by atomic mass is 10.0. The highest BCUT2D eigenvalue weighted by Crippen LogP contribution is 2.20. The molecular weight excluding hydrogens is 604 g/mol. The molecule has 9 nitrogen and oxygen atoms in total. The summed E-state index contributed by atoms with van der Waals surface area (Å²) < 4.78 is 38.7. The number of aromatic nitrogens is 1. The molecule has 1 aromatic carbocycles. The minimum Gasteiger partial charge on any atom is -0.494 e. The van der Waals surface area contributed by atoms with Crippen LogP contribution in [0.4, 0.5) is 5.82 Å². The molecule has 0 aliphatic carbocycles. The highest BCUT2D eigenvalue weighted by Gasteiger charge is 2.16. The van der Waals surface area contributed by atoms with Crippen molar-refractivity contribution in [2.24, 2.45) is 0 Å². The molecule has 2 N–H and O–H groups in total. The monoisotopic (exact) mass is 660 g/mol. The third kappa shape index (κ3) is 18.1. The number of anilines is 1. The molecule has 0 radical (unpaired) electrons. The van der Waals surface area contributed by atoms with E-state index in [1.54, 1.807) is 12.1 Å². The van der Waals surface area contributed by atoms with Crippen LogP contribution < -0.4 is 9.46 Å². The fourth-order valence-corrected chi connectivity index (χ4v) is 6.11. The summed E-state index contributed by atoms with van der Waals surface area (Å²) in [7, 11) is -3.85. The minimum absolute atomic E-state index is 0.0217. The van der Waals surface area contributed by atoms with E-state index < -0.39 is 16.0 Å². The highest BCUT2D eigenvalue weighted by atomic mass is 32.2. The van der Waals surface area contributed by atoms with Gasteiger partial charge in [0.2, 0.25) is 0 Å². The maximum Gasteiger partial charge on any atom is 0.337 e. The molecule has 1 aromatic heterocycles. The van der Waals surface area contributed by atoms with Gasteiger partial charge in [-0.1, -0.05) is 96.3 Å². The molecule has 0 fully saturated rings. The summed E-state index contributed by atoms with van der Waals surface area (Å²) in [4.78, 5) is 26.5. The van der Waals surface area contributed by atoms with Crippen molar-refractivity contribution in [2.75, 3.05) is 11.3 Å². The Hall–Kier alpha value is -3.14. The summed E-state index contributed by atoms with van der Waals surface area (Å²) in [6.45, 7) is 6.33. The van der Waals surface area contributed by atoms with Crippen molar-refractivity contribution in [3.8, 4) is 5.75 Å². The number of nitrogens with one attached hydrogen (secondary N) is 1. The number of carbonyl (C=O) groups is 2. The molecular formula is C36H56N2O7S. The topological polar surface area (TPSA) is 132 Å². The predicted octanol–water partition coefficient (Wildman–Crippen LogP) is 9.32. The van der Waals surface area contributed by atoms with Crippen molar-refractivity contribution in [1.82, 2.24) is 4.98 Å². The maximum absolute atomic E-state index is 12.6. The first-order valence-corrected chi connectivity index (χ1v) is 18.6. The maximum atomic E-state index is 12.6. The van der Waals surface area contributed by atoms with Gasteiger partial charge in [-0.2, -0.15) is 0 Å². The summed E-state index contributed by atoms with van der Waals surface area (Å²) in [5.74, 6) is -0.537. The van der Waals surface area contributed by atoms with E-state index in [0.29, 0.717) is 18.8 Å². The van der Waals surface area contributed by atoms with Crippen LogP contribution in [0, 0.1) is 0 Å². The van der Waals surface area contributed by atoms with Crippen molar-refractivity contribution in [3.63, 3.8) is 0 Å². The smallest absolute Gasteiger partial charge is 0.337 e. The number of sulfonamides is 1. The van der Waals surface area contributed by atoms with Crippen LogP contribution in [-0.2, 0) is 19.6 Å². The van der Waals surface area contributed by atoms with Gasteiger partial charge in [0, 0.05) is 12.6 Å². The van der Waals surface area contributed by atoms with E-state index in [-0.39, 0.29) is 27.8 Å². The predicted molar refractivity (Wildman–Crippen MR) is 183 cm³/mol. The Morgan fingerprint density at radius 2 is 1.20 bits per heavy atom. The Kier molecular flexibility index (Phi) is 18.3. The number of carboxylic acid groups (broad SMARTS) is 1. The van der Waals surface area contributed by atoms with Crippen molar-refractivity contribution in [1.29, 1.82) is 0 Å². The van der Waals surface area contributed by atoms with E-state index in [4.69, 9.17) is 14.6 Å². The number of hydrogen-bond donors (Lipinski definition) is 2. The molecule has 46 heavy (non-hydrogen) atoms. The van der Waals surface area contributed by atoms with Gasteiger partial charge in [0.05, 0.1) is 17.1 Å². The molecule has 0 aliphatic rings. The average Bonchev–Trinajstić information content (AvgIpc) is 2.99. The second-order valence-electron chi connectivity index (χ2n) is 13.0. The van der Waals surface area contributed by atoms with Crippen LogP contribution in [0.25, 0.3) is 0 Å². The van der Waals surface area contributed by atoms with Crippen molar-refractivity contribution in [2.45, 2.75) is 147 Å². The third-order valence-corrected chi connectivity index (χ3v) is 8.97. The number of carbonyl (C=O) groups excluding carboxylic acids is 1. The van der Waals surface area contributed by atoms with Crippen LogP contribution in [0.1, 0.15) is 147 Å². The lowest BCUT2D eigenvalue weighted by molar-refractivity contribution is -0.154. The van der Waals surface area contributed by atoms with Crippen LogP contribution >= 0.6 is 0 Å². The van der Waals surface area contributed by atoms with Gasteiger partial charge in [0.25, 0.3) is 10.0 Å². The molecule has 0 bridgehead atoms. The number of benzene rings is 1. The third-order valence-electron chi connectivity index (χ3n) is 7.60. The zero-order valence-corrected chi connectivity index (χ0v) is 29.0. The molecule has 2 aromatic rings. The number of esters is 1. The number of carboxylic acids is 1. The van der Waals surface area contributed by atoms with Crippen molar-refractivity contribution in [3.05, 3.63) is 48.2 Å². The van der Waals surface area contributed by atoms with Crippen LogP contribution in [-0.4, -0.2) is 42.7 Å². The van der Waals surface area contributed by atoms with Crippen LogP contribution in [0.15, 0.2) is 47.5 Å². The zero-order valence-electron chi connectivity index (χ0n) is 28.2. The van der Waals surface area contributed by atoms with E-state index in [0.717, 1.165) is 31.9 Å². The number of hydrogen-bond acceptors (Lipinski definition) is 7. The molecule has 2 rings (SSSR count). The first-order valence-electron chi connectivity index (χ1n) is 17.1. The van der Waals surface area contributed by atoms with Crippen LogP contribution in [0.3, 0.4) is 0 Å². The second kappa shape index (κ2) is 21.6. The fourth-order valence-electron chi connectivity index (χ4n) is 5.10. The lowest BCUT2D eigenvalue weighted by Crippen LogP contribution is -2.23. The summed E-state index contributed by atoms with van der Waals surface area (Å²) in [5.41, 5.74) is -0.401. The van der Waals surface area contributed by atoms with Crippen molar-refractivity contribution < 1.29 is 32.6 Å². The lowest BCUT2D eigenvalue weighted by Gasteiger charge is -2.19. The molecule has 10 heteroatoms. The number of ether oxygens (including phenoxy) is 2. The molecule has 258 valence electrons. The SMILES string of the molecule is CC(C)(C)OC(=O)CCCCCCCCCCCCCCCCCCCOc1ccc(S(=O)(=O)Nc2ccc(C(=O)O)cn2)cc1. The van der Waals surface area contributed by atoms with Gasteiger partial charge in [-0.3, -0.25) is 9.52 Å². The zero-order chi connectivity index (χ0) is 33.7. The number of pyridine rings is 1. The molecule has 0 saturated heterocycles. The number of nitrogens with zero attached hydrogens (tertiary/aromatic N) is 1. The summed E-state index contributed by atoms with van der Waals surface area (Å²) in [6, 6.07) is 8.82. The second-order valence-corrected chi connectivity index (χ2v) is 14.7. The molecule has 0 spiro atoms. The quantitative estimate of drug-likeness (QED) is 0.0795. The Bertz CT molecular complexity index is 1240. The largest absolute Gasteiger partial charge is 0.494 e. The van der Waals surface area contributed by atoms with E-state index in [1.165, 1.54) is 108 Å². The Morgan fingerprint density at radius 3 is 1.63 bits per heavy atom. The van der Waals surface area contributed by atoms with Gasteiger partial charge in [-0.05, 0) is 70.0 Å². The van der Waals surface area contributed by atoms with Gasteiger partial charge in [0.15, 0.2) is 0 Å². The molecule has 0 saturated carbocycles. The Morgan fingerprint density at radius 1 is 0.717 bits per heavy atom. The van der Waals surface area contributed by atoms with E-state index in [2.05, 4.69) is 9.71 Å². The number of aromatic carboxylic acids is 1. The van der Waals surface area contributed by atoms with Crippen molar-refractivity contribution >= 4 is 27.8 Å². The summed E-state index contributed by atoms with van der Waals surface area (Å²) in [6.07, 6.45) is 22.7. The number of unbranched alkanes of at least 4 members (excludes halogenated alkanes) is 16. The van der Waals surface area contributed by atoms with Gasteiger partial charge >= 0.3 is 11.9 Å². The molecule has 0 amide bonds. The average molecular weight is 661 g/mol. The van der Waals surface area contributed by atoms with Gasteiger partial charge in [-0.25, -0.2) is 18.2 Å². The minimum atomic E-state index is -3.85. The first kappa shape index (κ1) is 39.0. The van der Waals surface area contributed by atoms with Gasteiger partial charge in [-0.15, -0.1) is 0 Å². The van der Waals surface area contributed by atoms with Gasteiger partial charge < -0.3 is 14.6 Å². The van der Waals surface area contributed by atoms with Gasteiger partial charge in [0.1, 0.15) is 17.2 Å². The molecule has 0 unspecified atom stereocenters. The first-order chi connectivity index (χ1) is 22.0. The van der Waals surface area contributed by atoms with E-state index >= 15 is 0 Å². The molecule has 0 atom stereocenters. The fraction of sp³-hybridized carbons (Fsp3) is 0.639. The Labute approximate surface area is 276 Å². The summed E-state index contributed by atoms with van der Waals surface area (Å²) in [5, 5.41) is 8.94. The van der Waals surface area contributed by atoms with Crippen LogP contribution in [0.5, 0.6) is 5.75 Å². The van der Waals surface area contributed by atoms with E-state index in [9.17, 15) is 18.0 Å². The van der Waals surface area contributed by atoms with E-state index in [1.807, 2.05) is 20.8 Å². The number of rotatable bonds is 25. The molecule has 0 aliphatic heterocycles.